The largest absolute Gasteiger partial charge is 0.306 e. The highest BCUT2D eigenvalue weighted by Gasteiger charge is 2.45. The Morgan fingerprint density at radius 1 is 1.17 bits per heavy atom. The fourth-order valence-electron chi connectivity index (χ4n) is 2.78. The maximum atomic E-state index is 12.6. The maximum absolute atomic E-state index is 12.6. The Labute approximate surface area is 110 Å². The van der Waals surface area contributed by atoms with E-state index in [1.54, 1.807) is 6.92 Å². The van der Waals surface area contributed by atoms with E-state index in [4.69, 9.17) is 0 Å². The van der Waals surface area contributed by atoms with Crippen LogP contribution in [0.15, 0.2) is 30.3 Å². The van der Waals surface area contributed by atoms with Gasteiger partial charge >= 0.3 is 0 Å². The van der Waals surface area contributed by atoms with Gasteiger partial charge in [0.2, 0.25) is 0 Å². The van der Waals surface area contributed by atoms with Gasteiger partial charge in [-0.2, -0.15) is 0 Å². The van der Waals surface area contributed by atoms with Crippen LogP contribution in [0.4, 0.5) is 0 Å². The van der Waals surface area contributed by atoms with Crippen LogP contribution in [0.1, 0.15) is 25.3 Å². The molecule has 1 aromatic carbocycles. The molecule has 18 heavy (non-hydrogen) atoms. The molecule has 0 spiro atoms. The summed E-state index contributed by atoms with van der Waals surface area (Å²) in [6.45, 7) is 3.43. The van der Waals surface area contributed by atoms with Gasteiger partial charge in [0.25, 0.3) is 0 Å². The standard InChI is InChI=1S/C14H21NO2S/c1-3-18(16,17)14(9-11-15(2)12-10-14)13-7-5-4-6-8-13/h4-8H,3,9-12H2,1-2H3. The molecule has 0 bridgehead atoms. The molecule has 0 unspecified atom stereocenters. The van der Waals surface area contributed by atoms with Gasteiger partial charge in [-0.25, -0.2) is 8.42 Å². The molecule has 0 N–H and O–H groups in total. The number of hydrogen-bond donors (Lipinski definition) is 0. The Balaban J connectivity index is 2.48. The molecule has 2 rings (SSSR count). The summed E-state index contributed by atoms with van der Waals surface area (Å²) in [6.07, 6.45) is 1.40. The second-order valence-electron chi connectivity index (χ2n) is 5.07. The lowest BCUT2D eigenvalue weighted by atomic mass is 9.88. The number of nitrogens with zero attached hydrogens (tertiary/aromatic N) is 1. The molecule has 0 radical (unpaired) electrons. The monoisotopic (exact) mass is 267 g/mol. The first-order valence-electron chi connectivity index (χ1n) is 6.48. The average molecular weight is 267 g/mol. The van der Waals surface area contributed by atoms with Crippen molar-refractivity contribution in [2.75, 3.05) is 25.9 Å². The van der Waals surface area contributed by atoms with E-state index in [1.807, 2.05) is 37.4 Å². The number of piperidine rings is 1. The van der Waals surface area contributed by atoms with Crippen molar-refractivity contribution in [1.82, 2.24) is 4.90 Å². The smallest absolute Gasteiger partial charge is 0.159 e. The van der Waals surface area contributed by atoms with Crippen molar-refractivity contribution in [3.8, 4) is 0 Å². The first kappa shape index (κ1) is 13.6. The molecular formula is C14H21NO2S. The Morgan fingerprint density at radius 3 is 2.22 bits per heavy atom. The quantitative estimate of drug-likeness (QED) is 0.841. The Hall–Kier alpha value is -0.870. The first-order valence-corrected chi connectivity index (χ1v) is 8.13. The summed E-state index contributed by atoms with van der Waals surface area (Å²) >= 11 is 0. The van der Waals surface area contributed by atoms with Crippen LogP contribution < -0.4 is 0 Å². The van der Waals surface area contributed by atoms with Crippen LogP contribution in [-0.4, -0.2) is 39.2 Å². The summed E-state index contributed by atoms with van der Waals surface area (Å²) < 4.78 is 24.5. The molecule has 0 aromatic heterocycles. The summed E-state index contributed by atoms with van der Waals surface area (Å²) in [5, 5.41) is 0. The predicted octanol–water partition coefficient (Wildman–Crippen LogP) is 2.04. The minimum atomic E-state index is -3.09. The molecule has 1 fully saturated rings. The molecule has 1 aliphatic heterocycles. The summed E-state index contributed by atoms with van der Waals surface area (Å²) in [5.41, 5.74) is 0.958. The molecule has 1 saturated heterocycles. The van der Waals surface area contributed by atoms with Crippen LogP contribution >= 0.6 is 0 Å². The third-order valence-corrected chi connectivity index (χ3v) is 6.66. The van der Waals surface area contributed by atoms with Crippen LogP contribution in [0.5, 0.6) is 0 Å². The van der Waals surface area contributed by atoms with Crippen molar-refractivity contribution >= 4 is 9.84 Å². The zero-order valence-corrected chi connectivity index (χ0v) is 11.9. The van der Waals surface area contributed by atoms with Gasteiger partial charge in [-0.3, -0.25) is 0 Å². The van der Waals surface area contributed by atoms with E-state index in [2.05, 4.69) is 4.90 Å². The summed E-state index contributed by atoms with van der Waals surface area (Å²) in [4.78, 5) is 2.20. The molecule has 3 nitrogen and oxygen atoms in total. The van der Waals surface area contributed by atoms with Crippen LogP contribution in [0.2, 0.25) is 0 Å². The highest BCUT2D eigenvalue weighted by molar-refractivity contribution is 7.92. The normalized spacial score (nSPS) is 20.8. The van der Waals surface area contributed by atoms with E-state index >= 15 is 0 Å². The lowest BCUT2D eigenvalue weighted by molar-refractivity contribution is 0.233. The lowest BCUT2D eigenvalue weighted by Gasteiger charge is -2.40. The minimum absolute atomic E-state index is 0.214. The average Bonchev–Trinajstić information content (AvgIpc) is 2.40. The third-order valence-electron chi connectivity index (χ3n) is 4.07. The maximum Gasteiger partial charge on any atom is 0.159 e. The van der Waals surface area contributed by atoms with Crippen molar-refractivity contribution in [2.45, 2.75) is 24.5 Å². The summed E-state index contributed by atoms with van der Waals surface area (Å²) in [5.74, 6) is 0.214. The van der Waals surface area contributed by atoms with Gasteiger partial charge in [0.1, 0.15) is 0 Å². The van der Waals surface area contributed by atoms with E-state index in [0.29, 0.717) is 12.8 Å². The van der Waals surface area contributed by atoms with Crippen molar-refractivity contribution < 1.29 is 8.42 Å². The zero-order valence-electron chi connectivity index (χ0n) is 11.1. The van der Waals surface area contributed by atoms with Gasteiger partial charge in [0.15, 0.2) is 9.84 Å². The number of likely N-dealkylation sites (tertiary alicyclic amines) is 1. The fraction of sp³-hybridized carbons (Fsp3) is 0.571. The van der Waals surface area contributed by atoms with Crippen LogP contribution in [0.25, 0.3) is 0 Å². The summed E-state index contributed by atoms with van der Waals surface area (Å²) in [7, 11) is -1.04. The van der Waals surface area contributed by atoms with Gasteiger partial charge in [-0.15, -0.1) is 0 Å². The molecule has 4 heteroatoms. The first-order chi connectivity index (χ1) is 8.52. The van der Waals surface area contributed by atoms with Crippen LogP contribution in [0, 0.1) is 0 Å². The SMILES string of the molecule is CCS(=O)(=O)C1(c2ccccc2)CCN(C)CC1. The molecule has 0 saturated carbocycles. The summed E-state index contributed by atoms with van der Waals surface area (Å²) in [6, 6.07) is 9.71. The topological polar surface area (TPSA) is 37.4 Å². The number of sulfone groups is 1. The Kier molecular flexibility index (Phi) is 3.78. The molecule has 1 aromatic rings. The van der Waals surface area contributed by atoms with Gasteiger partial charge in [0.05, 0.1) is 4.75 Å². The Bertz CT molecular complexity index is 488. The van der Waals surface area contributed by atoms with Gasteiger partial charge in [-0.05, 0) is 38.5 Å². The molecule has 1 heterocycles. The number of rotatable bonds is 3. The highest BCUT2D eigenvalue weighted by atomic mass is 32.2. The molecule has 0 aliphatic carbocycles. The second kappa shape index (κ2) is 5.02. The number of benzene rings is 1. The zero-order chi connectivity index (χ0) is 13.2. The van der Waals surface area contributed by atoms with E-state index in [-0.39, 0.29) is 5.75 Å². The molecular weight excluding hydrogens is 246 g/mol. The fourth-order valence-corrected chi connectivity index (χ4v) is 4.63. The molecule has 0 atom stereocenters. The third kappa shape index (κ3) is 2.19. The van der Waals surface area contributed by atoms with Crippen LogP contribution in [0.3, 0.4) is 0 Å². The second-order valence-corrected chi connectivity index (χ2v) is 7.66. The molecule has 0 amide bonds. The van der Waals surface area contributed by atoms with Crippen LogP contribution in [-0.2, 0) is 14.6 Å². The minimum Gasteiger partial charge on any atom is -0.306 e. The highest BCUT2D eigenvalue weighted by Crippen LogP contribution is 2.40. The van der Waals surface area contributed by atoms with Gasteiger partial charge in [0, 0.05) is 5.75 Å². The molecule has 1 aliphatic rings. The lowest BCUT2D eigenvalue weighted by Crippen LogP contribution is -2.46. The van der Waals surface area contributed by atoms with E-state index < -0.39 is 14.6 Å². The van der Waals surface area contributed by atoms with E-state index in [0.717, 1.165) is 18.7 Å². The van der Waals surface area contributed by atoms with Gasteiger partial charge < -0.3 is 4.90 Å². The van der Waals surface area contributed by atoms with E-state index in [9.17, 15) is 8.42 Å². The number of hydrogen-bond acceptors (Lipinski definition) is 3. The molecule has 100 valence electrons. The van der Waals surface area contributed by atoms with Crippen molar-refractivity contribution in [2.24, 2.45) is 0 Å². The van der Waals surface area contributed by atoms with Gasteiger partial charge in [-0.1, -0.05) is 37.3 Å². The predicted molar refractivity (Wildman–Crippen MR) is 74.3 cm³/mol. The van der Waals surface area contributed by atoms with Crippen molar-refractivity contribution in [3.05, 3.63) is 35.9 Å². The van der Waals surface area contributed by atoms with Crippen molar-refractivity contribution in [1.29, 1.82) is 0 Å². The Morgan fingerprint density at radius 2 is 1.72 bits per heavy atom. The van der Waals surface area contributed by atoms with Crippen molar-refractivity contribution in [3.63, 3.8) is 0 Å². The van der Waals surface area contributed by atoms with E-state index in [1.165, 1.54) is 0 Å².